The van der Waals surface area contributed by atoms with Crippen molar-refractivity contribution in [3.05, 3.63) is 28.6 Å². The number of rotatable bonds is 4. The van der Waals surface area contributed by atoms with Crippen LogP contribution in [0.15, 0.2) is 22.9 Å². The van der Waals surface area contributed by atoms with Gasteiger partial charge in [0.15, 0.2) is 0 Å². The molecule has 3 rings (SSSR count). The fourth-order valence-corrected chi connectivity index (χ4v) is 4.55. The molecule has 0 bridgehead atoms. The molecule has 0 N–H and O–H groups in total. The summed E-state index contributed by atoms with van der Waals surface area (Å²) in [6, 6.07) is 4.54. The van der Waals surface area contributed by atoms with Gasteiger partial charge in [0, 0.05) is 18.0 Å². The molecule has 1 aliphatic rings. The van der Waals surface area contributed by atoms with Gasteiger partial charge in [0.05, 0.1) is 17.0 Å². The van der Waals surface area contributed by atoms with Gasteiger partial charge in [-0.1, -0.05) is 13.0 Å². The number of nitrogens with zero attached hydrogens (tertiary/aromatic N) is 2. The van der Waals surface area contributed by atoms with Gasteiger partial charge in [-0.3, -0.25) is 4.79 Å². The Morgan fingerprint density at radius 1 is 1.43 bits per heavy atom. The topological polar surface area (TPSA) is 33.2 Å². The second-order valence-corrected chi connectivity index (χ2v) is 7.25. The minimum atomic E-state index is 0.240. The summed E-state index contributed by atoms with van der Waals surface area (Å²) < 4.78 is 0. The number of carbonyl (C=O) groups is 1. The van der Waals surface area contributed by atoms with Crippen molar-refractivity contribution in [2.45, 2.75) is 45.1 Å². The molecule has 3 heterocycles. The van der Waals surface area contributed by atoms with Crippen molar-refractivity contribution < 1.29 is 4.79 Å². The zero-order valence-electron chi connectivity index (χ0n) is 12.2. The molecule has 5 heteroatoms. The normalized spacial score (nSPS) is 18.9. The van der Waals surface area contributed by atoms with Gasteiger partial charge in [-0.2, -0.15) is 0 Å². The first-order valence-electron chi connectivity index (χ1n) is 7.55. The summed E-state index contributed by atoms with van der Waals surface area (Å²) in [5.41, 5.74) is 0.911. The summed E-state index contributed by atoms with van der Waals surface area (Å²) >= 11 is 3.32. The van der Waals surface area contributed by atoms with Crippen molar-refractivity contribution in [3.63, 3.8) is 0 Å². The smallest absolute Gasteiger partial charge is 0.228 e. The van der Waals surface area contributed by atoms with E-state index in [1.54, 1.807) is 22.7 Å². The van der Waals surface area contributed by atoms with Crippen molar-refractivity contribution in [1.29, 1.82) is 0 Å². The number of piperidine rings is 1. The lowest BCUT2D eigenvalue weighted by atomic mass is 9.99. The zero-order chi connectivity index (χ0) is 14.7. The Kier molecular flexibility index (Phi) is 4.70. The number of amides is 1. The van der Waals surface area contributed by atoms with E-state index in [1.165, 1.54) is 11.3 Å². The SMILES string of the molecule is CCC1CCCCN1C(=O)Cc1csc(-c2cccs2)n1. The molecule has 1 aliphatic heterocycles. The third-order valence-corrected chi connectivity index (χ3v) is 5.96. The molecule has 1 amide bonds. The highest BCUT2D eigenvalue weighted by molar-refractivity contribution is 7.20. The predicted molar refractivity (Wildman–Crippen MR) is 88.8 cm³/mol. The number of aromatic nitrogens is 1. The van der Waals surface area contributed by atoms with Crippen LogP contribution in [0.3, 0.4) is 0 Å². The van der Waals surface area contributed by atoms with E-state index in [1.807, 2.05) is 11.4 Å². The molecule has 0 radical (unpaired) electrons. The van der Waals surface area contributed by atoms with Crippen LogP contribution in [0.5, 0.6) is 0 Å². The number of hydrogen-bond acceptors (Lipinski definition) is 4. The van der Waals surface area contributed by atoms with Crippen molar-refractivity contribution in [1.82, 2.24) is 9.88 Å². The highest BCUT2D eigenvalue weighted by Crippen LogP contribution is 2.28. The number of likely N-dealkylation sites (tertiary alicyclic amines) is 1. The van der Waals surface area contributed by atoms with Crippen LogP contribution in [0, 0.1) is 0 Å². The summed E-state index contributed by atoms with van der Waals surface area (Å²) in [7, 11) is 0. The second-order valence-electron chi connectivity index (χ2n) is 5.44. The summed E-state index contributed by atoms with van der Waals surface area (Å²) in [5, 5.41) is 5.11. The highest BCUT2D eigenvalue weighted by atomic mass is 32.1. The summed E-state index contributed by atoms with van der Waals surface area (Å²) in [5.74, 6) is 0.240. The fraction of sp³-hybridized carbons (Fsp3) is 0.500. The molecule has 112 valence electrons. The number of hydrogen-bond donors (Lipinski definition) is 0. The third kappa shape index (κ3) is 3.35. The van der Waals surface area contributed by atoms with E-state index < -0.39 is 0 Å². The lowest BCUT2D eigenvalue weighted by molar-refractivity contribution is -0.134. The van der Waals surface area contributed by atoms with Gasteiger partial charge in [0.2, 0.25) is 5.91 Å². The van der Waals surface area contributed by atoms with Gasteiger partial charge in [-0.25, -0.2) is 4.98 Å². The van der Waals surface area contributed by atoms with Crippen molar-refractivity contribution in [2.24, 2.45) is 0 Å². The summed E-state index contributed by atoms with van der Waals surface area (Å²) in [6.07, 6.45) is 5.04. The van der Waals surface area contributed by atoms with Gasteiger partial charge in [-0.15, -0.1) is 22.7 Å². The summed E-state index contributed by atoms with van der Waals surface area (Å²) in [6.45, 7) is 3.09. The number of thiophene rings is 1. The molecule has 0 spiro atoms. The number of thiazole rings is 1. The van der Waals surface area contributed by atoms with E-state index in [9.17, 15) is 4.79 Å². The maximum atomic E-state index is 12.5. The molecule has 1 fully saturated rings. The maximum absolute atomic E-state index is 12.5. The Labute approximate surface area is 133 Å². The Morgan fingerprint density at radius 3 is 3.10 bits per heavy atom. The average molecular weight is 320 g/mol. The van der Waals surface area contributed by atoms with Crippen molar-refractivity contribution in [3.8, 4) is 9.88 Å². The highest BCUT2D eigenvalue weighted by Gasteiger charge is 2.25. The molecule has 0 saturated carbocycles. The Hall–Kier alpha value is -1.20. The first-order chi connectivity index (χ1) is 10.3. The molecule has 21 heavy (non-hydrogen) atoms. The van der Waals surface area contributed by atoms with Crippen LogP contribution >= 0.6 is 22.7 Å². The molecule has 1 saturated heterocycles. The van der Waals surface area contributed by atoms with Crippen LogP contribution in [0.4, 0.5) is 0 Å². The van der Waals surface area contributed by atoms with E-state index >= 15 is 0 Å². The minimum absolute atomic E-state index is 0.240. The second kappa shape index (κ2) is 6.71. The number of carbonyl (C=O) groups excluding carboxylic acids is 1. The van der Waals surface area contributed by atoms with E-state index in [4.69, 9.17) is 0 Å². The predicted octanol–water partition coefficient (Wildman–Crippen LogP) is 4.21. The van der Waals surface area contributed by atoms with Crippen LogP contribution in [0.1, 0.15) is 38.3 Å². The van der Waals surface area contributed by atoms with E-state index in [0.717, 1.165) is 36.5 Å². The van der Waals surface area contributed by atoms with Gasteiger partial charge in [0.25, 0.3) is 0 Å². The van der Waals surface area contributed by atoms with Crippen molar-refractivity contribution in [2.75, 3.05) is 6.54 Å². The molecule has 1 atom stereocenters. The fourth-order valence-electron chi connectivity index (χ4n) is 2.91. The van der Waals surface area contributed by atoms with E-state index in [0.29, 0.717) is 12.5 Å². The van der Waals surface area contributed by atoms with Crippen LogP contribution in [-0.2, 0) is 11.2 Å². The zero-order valence-corrected chi connectivity index (χ0v) is 13.9. The van der Waals surface area contributed by atoms with E-state index in [-0.39, 0.29) is 5.91 Å². The van der Waals surface area contributed by atoms with Gasteiger partial charge in [-0.05, 0) is 37.1 Å². The molecular formula is C16H20N2OS2. The Balaban J connectivity index is 1.67. The average Bonchev–Trinajstić information content (AvgIpc) is 3.17. The van der Waals surface area contributed by atoms with Gasteiger partial charge in [0.1, 0.15) is 5.01 Å². The molecule has 3 nitrogen and oxygen atoms in total. The first-order valence-corrected chi connectivity index (χ1v) is 9.31. The van der Waals surface area contributed by atoms with E-state index in [2.05, 4.69) is 28.3 Å². The van der Waals surface area contributed by atoms with Crippen LogP contribution in [0.25, 0.3) is 9.88 Å². The molecule has 2 aromatic heterocycles. The molecular weight excluding hydrogens is 300 g/mol. The largest absolute Gasteiger partial charge is 0.339 e. The first kappa shape index (κ1) is 14.7. The van der Waals surface area contributed by atoms with Gasteiger partial charge < -0.3 is 4.90 Å². The van der Waals surface area contributed by atoms with Gasteiger partial charge >= 0.3 is 0 Å². The van der Waals surface area contributed by atoms with Crippen LogP contribution < -0.4 is 0 Å². The molecule has 0 aliphatic carbocycles. The Morgan fingerprint density at radius 2 is 2.33 bits per heavy atom. The molecule has 0 aromatic carbocycles. The Bertz CT molecular complexity index is 591. The summed E-state index contributed by atoms with van der Waals surface area (Å²) in [4.78, 5) is 20.4. The quantitative estimate of drug-likeness (QED) is 0.845. The third-order valence-electron chi connectivity index (χ3n) is 4.03. The maximum Gasteiger partial charge on any atom is 0.228 e. The lowest BCUT2D eigenvalue weighted by Crippen LogP contribution is -2.44. The van der Waals surface area contributed by atoms with Crippen LogP contribution in [0.2, 0.25) is 0 Å². The monoisotopic (exact) mass is 320 g/mol. The minimum Gasteiger partial charge on any atom is -0.339 e. The van der Waals surface area contributed by atoms with Crippen LogP contribution in [-0.4, -0.2) is 28.4 Å². The molecule has 2 aromatic rings. The standard InChI is InChI=1S/C16H20N2OS2/c1-2-13-6-3-4-8-18(13)15(19)10-12-11-21-16(17-12)14-7-5-9-20-14/h5,7,9,11,13H,2-4,6,8,10H2,1H3. The molecule has 1 unspecified atom stereocenters. The lowest BCUT2D eigenvalue weighted by Gasteiger charge is -2.35. The van der Waals surface area contributed by atoms with Crippen molar-refractivity contribution >= 4 is 28.6 Å².